The van der Waals surface area contributed by atoms with E-state index in [4.69, 9.17) is 4.74 Å². The Bertz CT molecular complexity index is 1350. The Kier molecular flexibility index (Phi) is 5.69. The lowest BCUT2D eigenvalue weighted by Gasteiger charge is -2.39. The SMILES string of the molecule is COC1(c2cc(-c3c(C)nn(C)c3C)n[nH]2)CCN(Cc2nc(C)c3cc(F)ccc3n2)CC1. The molecule has 1 saturated heterocycles. The second kappa shape index (κ2) is 8.56. The highest BCUT2D eigenvalue weighted by molar-refractivity contribution is 5.80. The molecule has 1 fully saturated rings. The van der Waals surface area contributed by atoms with Crippen molar-refractivity contribution in [2.45, 2.75) is 45.8 Å². The number of ether oxygens (including phenoxy) is 1. The smallest absolute Gasteiger partial charge is 0.143 e. The second-order valence-corrected chi connectivity index (χ2v) is 9.20. The van der Waals surface area contributed by atoms with Crippen LogP contribution in [0.25, 0.3) is 22.2 Å². The van der Waals surface area contributed by atoms with Gasteiger partial charge in [-0.1, -0.05) is 0 Å². The molecule has 0 amide bonds. The van der Waals surface area contributed by atoms with E-state index in [1.165, 1.54) is 12.1 Å². The highest BCUT2D eigenvalue weighted by atomic mass is 19.1. The number of nitrogens with zero attached hydrogens (tertiary/aromatic N) is 6. The fourth-order valence-corrected chi connectivity index (χ4v) is 5.07. The van der Waals surface area contributed by atoms with Gasteiger partial charge >= 0.3 is 0 Å². The number of aromatic nitrogens is 6. The summed E-state index contributed by atoms with van der Waals surface area (Å²) >= 11 is 0. The van der Waals surface area contributed by atoms with Crippen LogP contribution in [0.15, 0.2) is 24.3 Å². The van der Waals surface area contributed by atoms with E-state index >= 15 is 0 Å². The van der Waals surface area contributed by atoms with E-state index < -0.39 is 5.60 Å². The maximum atomic E-state index is 13.6. The molecule has 1 aliphatic rings. The molecule has 0 unspecified atom stereocenters. The monoisotopic (exact) mass is 463 g/mol. The van der Waals surface area contributed by atoms with Crippen LogP contribution in [0.4, 0.5) is 4.39 Å². The van der Waals surface area contributed by atoms with Crippen molar-refractivity contribution in [3.8, 4) is 11.3 Å². The van der Waals surface area contributed by atoms with Crippen LogP contribution in [0.5, 0.6) is 0 Å². The van der Waals surface area contributed by atoms with E-state index in [0.717, 1.165) is 76.7 Å². The normalized spacial score (nSPS) is 16.4. The number of rotatable bonds is 5. The van der Waals surface area contributed by atoms with Crippen molar-refractivity contribution in [1.82, 2.24) is 34.8 Å². The average Bonchev–Trinajstić information content (AvgIpc) is 3.39. The Hall–Kier alpha value is -3.17. The zero-order valence-corrected chi connectivity index (χ0v) is 20.3. The van der Waals surface area contributed by atoms with Crippen LogP contribution in [0, 0.1) is 26.6 Å². The van der Waals surface area contributed by atoms with E-state index in [1.807, 2.05) is 25.6 Å². The van der Waals surface area contributed by atoms with Gasteiger partial charge in [0.15, 0.2) is 0 Å². The minimum atomic E-state index is -0.413. The molecule has 178 valence electrons. The first kappa shape index (κ1) is 22.6. The largest absolute Gasteiger partial charge is 0.372 e. The first-order valence-corrected chi connectivity index (χ1v) is 11.6. The van der Waals surface area contributed by atoms with Crippen molar-refractivity contribution in [2.75, 3.05) is 20.2 Å². The van der Waals surface area contributed by atoms with Crippen molar-refractivity contribution in [3.63, 3.8) is 0 Å². The van der Waals surface area contributed by atoms with Gasteiger partial charge in [-0.15, -0.1) is 0 Å². The number of hydrogen-bond donors (Lipinski definition) is 1. The average molecular weight is 464 g/mol. The molecule has 0 saturated carbocycles. The summed E-state index contributed by atoms with van der Waals surface area (Å²) in [5.41, 5.74) is 6.17. The molecular weight excluding hydrogens is 433 g/mol. The third-order valence-corrected chi connectivity index (χ3v) is 7.15. The third-order valence-electron chi connectivity index (χ3n) is 7.15. The summed E-state index contributed by atoms with van der Waals surface area (Å²) in [5.74, 6) is 0.488. The van der Waals surface area contributed by atoms with E-state index in [0.29, 0.717) is 6.54 Å². The van der Waals surface area contributed by atoms with Crippen LogP contribution in [0.3, 0.4) is 0 Å². The van der Waals surface area contributed by atoms with Crippen LogP contribution in [-0.2, 0) is 23.9 Å². The molecule has 0 aliphatic carbocycles. The van der Waals surface area contributed by atoms with Crippen LogP contribution in [0.1, 0.15) is 41.4 Å². The number of nitrogens with one attached hydrogen (secondary N) is 1. The predicted molar refractivity (Wildman–Crippen MR) is 128 cm³/mol. The standard InChI is InChI=1S/C25H30FN7O/c1-15-19-12-18(26)6-7-20(19)28-23(27-15)14-33-10-8-25(34-5,9-11-33)22-13-21(29-30-22)24-16(2)31-32(4)17(24)3/h6-7,12-13H,8-11,14H2,1-5H3,(H,29,30). The van der Waals surface area contributed by atoms with Gasteiger partial charge in [0.05, 0.1) is 29.1 Å². The Morgan fingerprint density at radius 1 is 1.09 bits per heavy atom. The summed E-state index contributed by atoms with van der Waals surface area (Å²) < 4.78 is 21.6. The van der Waals surface area contributed by atoms with Crippen molar-refractivity contribution < 1.29 is 9.13 Å². The molecule has 0 radical (unpaired) electrons. The Labute approximate surface area is 198 Å². The molecule has 1 N–H and O–H groups in total. The van der Waals surface area contributed by atoms with Crippen LogP contribution >= 0.6 is 0 Å². The van der Waals surface area contributed by atoms with Crippen LogP contribution < -0.4 is 0 Å². The molecule has 8 nitrogen and oxygen atoms in total. The molecule has 0 bridgehead atoms. The van der Waals surface area contributed by atoms with Crippen molar-refractivity contribution in [3.05, 3.63) is 58.7 Å². The van der Waals surface area contributed by atoms with Gasteiger partial charge in [0.1, 0.15) is 17.2 Å². The van der Waals surface area contributed by atoms with E-state index in [1.54, 1.807) is 13.2 Å². The molecule has 4 heterocycles. The first-order chi connectivity index (χ1) is 16.3. The Balaban J connectivity index is 1.32. The maximum absolute atomic E-state index is 13.6. The molecule has 1 aromatic carbocycles. The zero-order chi connectivity index (χ0) is 24.0. The second-order valence-electron chi connectivity index (χ2n) is 9.20. The number of hydrogen-bond acceptors (Lipinski definition) is 6. The van der Waals surface area contributed by atoms with Gasteiger partial charge in [0.25, 0.3) is 0 Å². The molecule has 5 rings (SSSR count). The topological polar surface area (TPSA) is 84.8 Å². The van der Waals surface area contributed by atoms with E-state index in [2.05, 4.69) is 43.2 Å². The fraction of sp³-hybridized carbons (Fsp3) is 0.440. The van der Waals surface area contributed by atoms with Gasteiger partial charge in [-0.2, -0.15) is 10.2 Å². The number of likely N-dealkylation sites (tertiary alicyclic amines) is 1. The Morgan fingerprint density at radius 2 is 1.85 bits per heavy atom. The third kappa shape index (κ3) is 3.88. The zero-order valence-electron chi connectivity index (χ0n) is 20.3. The predicted octanol–water partition coefficient (Wildman–Crippen LogP) is 3.96. The minimum Gasteiger partial charge on any atom is -0.372 e. The van der Waals surface area contributed by atoms with E-state index in [9.17, 15) is 4.39 Å². The quantitative estimate of drug-likeness (QED) is 0.482. The summed E-state index contributed by atoms with van der Waals surface area (Å²) in [5, 5.41) is 13.1. The van der Waals surface area contributed by atoms with Crippen molar-refractivity contribution >= 4 is 10.9 Å². The van der Waals surface area contributed by atoms with Gasteiger partial charge < -0.3 is 4.74 Å². The first-order valence-electron chi connectivity index (χ1n) is 11.6. The van der Waals surface area contributed by atoms with Crippen LogP contribution in [-0.4, -0.2) is 55.0 Å². The molecule has 3 aromatic heterocycles. The summed E-state index contributed by atoms with van der Waals surface area (Å²) in [7, 11) is 3.72. The lowest BCUT2D eigenvalue weighted by atomic mass is 9.87. The molecular formula is C25H30FN7O. The number of H-pyrrole nitrogens is 1. The molecule has 0 atom stereocenters. The number of benzene rings is 1. The lowest BCUT2D eigenvalue weighted by Crippen LogP contribution is -2.43. The molecule has 1 aliphatic heterocycles. The number of aromatic amines is 1. The highest BCUT2D eigenvalue weighted by Gasteiger charge is 2.38. The summed E-state index contributed by atoms with van der Waals surface area (Å²) in [6.45, 7) is 8.31. The number of fused-ring (bicyclic) bond motifs is 1. The number of methoxy groups -OCH3 is 1. The van der Waals surface area contributed by atoms with Gasteiger partial charge in [-0.05, 0) is 57.9 Å². The summed E-state index contributed by atoms with van der Waals surface area (Å²) in [6.07, 6.45) is 1.65. The number of piperidine rings is 1. The molecule has 34 heavy (non-hydrogen) atoms. The van der Waals surface area contributed by atoms with Gasteiger partial charge in [0.2, 0.25) is 0 Å². The molecule has 0 spiro atoms. The summed E-state index contributed by atoms with van der Waals surface area (Å²) in [4.78, 5) is 11.6. The van der Waals surface area contributed by atoms with Gasteiger partial charge in [-0.25, -0.2) is 14.4 Å². The van der Waals surface area contributed by atoms with E-state index in [-0.39, 0.29) is 5.82 Å². The molecule has 9 heteroatoms. The van der Waals surface area contributed by atoms with Crippen molar-refractivity contribution in [2.24, 2.45) is 7.05 Å². The van der Waals surface area contributed by atoms with Gasteiger partial charge in [-0.3, -0.25) is 14.7 Å². The van der Waals surface area contributed by atoms with Crippen LogP contribution in [0.2, 0.25) is 0 Å². The maximum Gasteiger partial charge on any atom is 0.143 e. The number of halogens is 1. The molecule has 4 aromatic rings. The fourth-order valence-electron chi connectivity index (χ4n) is 5.07. The highest BCUT2D eigenvalue weighted by Crippen LogP contribution is 2.37. The van der Waals surface area contributed by atoms with Crippen molar-refractivity contribution in [1.29, 1.82) is 0 Å². The Morgan fingerprint density at radius 3 is 2.53 bits per heavy atom. The lowest BCUT2D eigenvalue weighted by molar-refractivity contribution is -0.0671. The van der Waals surface area contributed by atoms with Gasteiger partial charge in [0, 0.05) is 49.6 Å². The summed E-state index contributed by atoms with van der Waals surface area (Å²) in [6, 6.07) is 6.76. The number of aryl methyl sites for hydroxylation is 3. The minimum absolute atomic E-state index is 0.269.